The molecule has 0 saturated carbocycles. The molecular weight excluding hydrogens is 516 g/mol. The number of allylic oxidation sites excluding steroid dienone is 3. The number of thiophene rings is 1. The molecule has 0 bridgehead atoms. The predicted molar refractivity (Wildman–Crippen MR) is 148 cm³/mol. The van der Waals surface area contributed by atoms with E-state index in [2.05, 4.69) is 5.32 Å². The van der Waals surface area contributed by atoms with E-state index in [9.17, 15) is 19.7 Å². The minimum absolute atomic E-state index is 0.00553. The summed E-state index contributed by atoms with van der Waals surface area (Å²) in [5, 5.41) is 17.1. The Morgan fingerprint density at radius 3 is 2.59 bits per heavy atom. The second-order valence-electron chi connectivity index (χ2n) is 9.63. The number of hydrogen-bond donors (Lipinski definition) is 1. The third-order valence-corrected chi connectivity index (χ3v) is 8.12. The van der Waals surface area contributed by atoms with Gasteiger partial charge >= 0.3 is 5.97 Å². The summed E-state index contributed by atoms with van der Waals surface area (Å²) in [6, 6.07) is 18.1. The molecule has 0 unspecified atom stereocenters. The van der Waals surface area contributed by atoms with Crippen LogP contribution in [0.25, 0.3) is 0 Å². The van der Waals surface area contributed by atoms with Gasteiger partial charge in [0.1, 0.15) is 19.0 Å². The molecule has 2 atom stereocenters. The van der Waals surface area contributed by atoms with E-state index >= 15 is 0 Å². The van der Waals surface area contributed by atoms with Gasteiger partial charge in [0.05, 0.1) is 10.5 Å². The molecule has 0 amide bonds. The predicted octanol–water partition coefficient (Wildman–Crippen LogP) is 5.95. The molecular formula is C30H28N2O6S. The lowest BCUT2D eigenvalue weighted by Crippen LogP contribution is -2.36. The largest absolute Gasteiger partial charge is 0.490 e. The number of aryl methyl sites for hydroxylation is 1. The smallest absolute Gasteiger partial charge is 0.336 e. The summed E-state index contributed by atoms with van der Waals surface area (Å²) in [5.41, 5.74) is 3.01. The zero-order chi connectivity index (χ0) is 27.5. The van der Waals surface area contributed by atoms with Gasteiger partial charge in [-0.15, -0.1) is 11.3 Å². The minimum atomic E-state index is -0.778. The number of para-hydroxylation sites is 1. The van der Waals surface area contributed by atoms with Crippen molar-refractivity contribution >= 4 is 28.8 Å². The second-order valence-corrected chi connectivity index (χ2v) is 10.6. The molecule has 2 aromatic carbocycles. The molecule has 39 heavy (non-hydrogen) atoms. The lowest BCUT2D eigenvalue weighted by atomic mass is 9.72. The molecule has 2 heterocycles. The Kier molecular flexibility index (Phi) is 7.60. The Balaban J connectivity index is 1.47. The van der Waals surface area contributed by atoms with E-state index in [1.165, 1.54) is 6.07 Å². The molecule has 5 rings (SSSR count). The maximum absolute atomic E-state index is 13.7. The fraction of sp³-hybridized carbons (Fsp3) is 0.267. The monoisotopic (exact) mass is 544 g/mol. The maximum Gasteiger partial charge on any atom is 0.336 e. The minimum Gasteiger partial charge on any atom is -0.490 e. The van der Waals surface area contributed by atoms with Gasteiger partial charge in [-0.3, -0.25) is 14.9 Å². The molecule has 9 heteroatoms. The highest BCUT2D eigenvalue weighted by Crippen LogP contribution is 2.46. The van der Waals surface area contributed by atoms with Crippen molar-refractivity contribution in [3.8, 4) is 5.75 Å². The summed E-state index contributed by atoms with van der Waals surface area (Å²) in [4.78, 5) is 39.6. The number of hydrogen-bond acceptors (Lipinski definition) is 8. The highest BCUT2D eigenvalue weighted by Gasteiger charge is 2.42. The van der Waals surface area contributed by atoms with Crippen LogP contribution >= 0.6 is 11.3 Å². The quantitative estimate of drug-likeness (QED) is 0.162. The highest BCUT2D eigenvalue weighted by atomic mass is 32.1. The van der Waals surface area contributed by atoms with Crippen molar-refractivity contribution in [1.29, 1.82) is 0 Å². The van der Waals surface area contributed by atoms with Gasteiger partial charge in [0, 0.05) is 51.7 Å². The normalized spacial score (nSPS) is 18.9. The zero-order valence-corrected chi connectivity index (χ0v) is 22.5. The molecule has 1 aliphatic heterocycles. The topological polar surface area (TPSA) is 108 Å². The van der Waals surface area contributed by atoms with Gasteiger partial charge in [-0.1, -0.05) is 36.4 Å². The van der Waals surface area contributed by atoms with E-state index in [0.717, 1.165) is 10.6 Å². The maximum atomic E-state index is 13.7. The first-order valence-electron chi connectivity index (χ1n) is 12.7. The van der Waals surface area contributed by atoms with Crippen molar-refractivity contribution in [2.45, 2.75) is 38.5 Å². The van der Waals surface area contributed by atoms with Crippen LogP contribution in [0.15, 0.2) is 88.6 Å². The Labute approximate surface area is 230 Å². The number of nitrogens with one attached hydrogen (secondary N) is 1. The van der Waals surface area contributed by atoms with Crippen LogP contribution in [0, 0.1) is 17.0 Å². The first kappa shape index (κ1) is 26.4. The molecule has 3 aromatic rings. The number of ketones is 1. The fourth-order valence-electron chi connectivity index (χ4n) is 5.26. The van der Waals surface area contributed by atoms with E-state index < -0.39 is 16.8 Å². The SMILES string of the molecule is CC1=C(C(=O)OCCOc2ccccc2)[C@H](c2ccc(C)c([N+](=O)[O-])c2)C2=C(C[C@H](c3cccs3)CC2=O)N1. The van der Waals surface area contributed by atoms with Crippen LogP contribution in [0.4, 0.5) is 5.69 Å². The average Bonchev–Trinajstić information content (AvgIpc) is 3.46. The third-order valence-electron chi connectivity index (χ3n) is 7.08. The van der Waals surface area contributed by atoms with Crippen molar-refractivity contribution in [3.05, 3.63) is 115 Å². The standard InChI is InChI=1S/C30H28N2O6S/c1-18-10-11-20(16-24(18)32(35)36)28-27(30(34)38-13-12-37-22-7-4-3-5-8-22)19(2)31-23-15-21(17-25(33)29(23)28)26-9-6-14-39-26/h3-11,14,16,21,28,31H,12-13,15,17H2,1-2H3/t21-,28-/m0/s1. The number of nitrogens with zero attached hydrogens (tertiary/aromatic N) is 1. The van der Waals surface area contributed by atoms with Crippen molar-refractivity contribution in [3.63, 3.8) is 0 Å². The fourth-order valence-corrected chi connectivity index (χ4v) is 6.09. The van der Waals surface area contributed by atoms with Gasteiger partial charge in [-0.05, 0) is 49.4 Å². The molecule has 2 aliphatic rings. The van der Waals surface area contributed by atoms with E-state index in [1.807, 2.05) is 47.8 Å². The molecule has 0 fully saturated rings. The molecule has 1 aliphatic carbocycles. The van der Waals surface area contributed by atoms with Crippen molar-refractivity contribution in [1.82, 2.24) is 5.32 Å². The van der Waals surface area contributed by atoms with Gasteiger partial charge in [0.2, 0.25) is 0 Å². The van der Waals surface area contributed by atoms with Crippen LogP contribution in [-0.4, -0.2) is 29.9 Å². The summed E-state index contributed by atoms with van der Waals surface area (Å²) in [6.07, 6.45) is 0.911. The summed E-state index contributed by atoms with van der Waals surface area (Å²) < 4.78 is 11.2. The number of Topliss-reactive ketones (excluding diaryl/α,β-unsaturated/α-hetero) is 1. The molecule has 8 nitrogen and oxygen atoms in total. The number of rotatable bonds is 8. The van der Waals surface area contributed by atoms with Crippen LogP contribution < -0.4 is 10.1 Å². The first-order chi connectivity index (χ1) is 18.8. The van der Waals surface area contributed by atoms with Crippen molar-refractivity contribution < 1.29 is 24.0 Å². The van der Waals surface area contributed by atoms with Crippen LogP contribution in [0.2, 0.25) is 0 Å². The zero-order valence-electron chi connectivity index (χ0n) is 21.6. The number of carbonyl (C=O) groups is 2. The number of esters is 1. The van der Waals surface area contributed by atoms with Crippen LogP contribution in [0.1, 0.15) is 47.6 Å². The second kappa shape index (κ2) is 11.2. The third kappa shape index (κ3) is 5.49. The Morgan fingerprint density at radius 2 is 1.87 bits per heavy atom. The number of nitro groups is 1. The van der Waals surface area contributed by atoms with Crippen LogP contribution in [0.3, 0.4) is 0 Å². The van der Waals surface area contributed by atoms with Gasteiger partial charge < -0.3 is 14.8 Å². The number of benzene rings is 2. The van der Waals surface area contributed by atoms with Crippen molar-refractivity contribution in [2.75, 3.05) is 13.2 Å². The molecule has 0 saturated heterocycles. The first-order valence-corrected chi connectivity index (χ1v) is 13.6. The van der Waals surface area contributed by atoms with Crippen molar-refractivity contribution in [2.24, 2.45) is 0 Å². The van der Waals surface area contributed by atoms with E-state index in [4.69, 9.17) is 9.47 Å². The van der Waals surface area contributed by atoms with Gasteiger partial charge in [-0.2, -0.15) is 0 Å². The average molecular weight is 545 g/mol. The Hall–Kier alpha value is -4.24. The molecule has 200 valence electrons. The number of carbonyl (C=O) groups excluding carboxylic acids is 2. The molecule has 0 spiro atoms. The van der Waals surface area contributed by atoms with E-state index in [0.29, 0.717) is 41.0 Å². The lowest BCUT2D eigenvalue weighted by Gasteiger charge is -2.36. The van der Waals surface area contributed by atoms with Crippen LogP contribution in [0.5, 0.6) is 5.75 Å². The summed E-state index contributed by atoms with van der Waals surface area (Å²) in [7, 11) is 0. The summed E-state index contributed by atoms with van der Waals surface area (Å²) in [6.45, 7) is 3.60. The van der Waals surface area contributed by atoms with Gasteiger partial charge in [0.15, 0.2) is 5.78 Å². The number of ether oxygens (including phenoxy) is 2. The number of dihydropyridines is 1. The summed E-state index contributed by atoms with van der Waals surface area (Å²) >= 11 is 1.62. The van der Waals surface area contributed by atoms with Gasteiger partial charge in [-0.25, -0.2) is 4.79 Å². The van der Waals surface area contributed by atoms with E-state index in [1.54, 1.807) is 37.3 Å². The summed E-state index contributed by atoms with van der Waals surface area (Å²) in [5.74, 6) is -0.755. The van der Waals surface area contributed by atoms with E-state index in [-0.39, 0.29) is 36.2 Å². The Morgan fingerprint density at radius 1 is 1.08 bits per heavy atom. The molecule has 1 aromatic heterocycles. The molecule has 1 N–H and O–H groups in total. The Bertz CT molecular complexity index is 1480. The molecule has 0 radical (unpaired) electrons. The van der Waals surface area contributed by atoms with Crippen LogP contribution in [-0.2, 0) is 14.3 Å². The number of nitro benzene ring substituents is 1. The highest BCUT2D eigenvalue weighted by molar-refractivity contribution is 7.10. The lowest BCUT2D eigenvalue weighted by molar-refractivity contribution is -0.385. The van der Waals surface area contributed by atoms with Gasteiger partial charge in [0.25, 0.3) is 5.69 Å².